The van der Waals surface area contributed by atoms with Crippen molar-refractivity contribution in [2.24, 2.45) is 5.92 Å². The fourth-order valence-electron chi connectivity index (χ4n) is 4.21. The predicted molar refractivity (Wildman–Crippen MR) is 107 cm³/mol. The number of nitrogens with zero attached hydrogens (tertiary/aromatic N) is 2. The Morgan fingerprint density at radius 1 is 0.857 bits per heavy atom. The number of aromatic nitrogens is 2. The smallest absolute Gasteiger partial charge is 0.309 e. The Balaban J connectivity index is 1.39. The van der Waals surface area contributed by atoms with Gasteiger partial charge in [0.15, 0.2) is 5.82 Å². The molecule has 2 aliphatic rings. The highest BCUT2D eigenvalue weighted by atomic mass is 16.5. The SMILES string of the molecule is COC(=O)[C@@H]1[C@H](c2ccccc2)[C@H]1c1ccc(-c2ncc(C3CC3)cn2)cc1. The van der Waals surface area contributed by atoms with Crippen LogP contribution < -0.4 is 0 Å². The number of esters is 1. The molecule has 0 saturated heterocycles. The molecular weight excluding hydrogens is 348 g/mol. The van der Waals surface area contributed by atoms with Crippen LogP contribution in [0.5, 0.6) is 0 Å². The van der Waals surface area contributed by atoms with E-state index in [1.807, 2.05) is 30.6 Å². The van der Waals surface area contributed by atoms with Gasteiger partial charge in [-0.15, -0.1) is 0 Å². The first-order valence-electron chi connectivity index (χ1n) is 9.81. The largest absolute Gasteiger partial charge is 0.469 e. The van der Waals surface area contributed by atoms with Crippen molar-refractivity contribution in [3.05, 3.63) is 83.7 Å². The summed E-state index contributed by atoms with van der Waals surface area (Å²) >= 11 is 0. The highest BCUT2D eigenvalue weighted by Crippen LogP contribution is 2.60. The second kappa shape index (κ2) is 6.86. The van der Waals surface area contributed by atoms with Gasteiger partial charge >= 0.3 is 5.97 Å². The molecule has 3 aromatic rings. The van der Waals surface area contributed by atoms with E-state index in [2.05, 4.69) is 46.4 Å². The number of hydrogen-bond acceptors (Lipinski definition) is 4. The molecule has 140 valence electrons. The maximum absolute atomic E-state index is 12.3. The molecule has 0 radical (unpaired) electrons. The Hall–Kier alpha value is -3.01. The van der Waals surface area contributed by atoms with Gasteiger partial charge in [-0.3, -0.25) is 4.79 Å². The lowest BCUT2D eigenvalue weighted by Gasteiger charge is -2.05. The summed E-state index contributed by atoms with van der Waals surface area (Å²) in [5, 5.41) is 0. The van der Waals surface area contributed by atoms with E-state index in [1.165, 1.54) is 31.1 Å². The average Bonchev–Trinajstić information content (AvgIpc) is 3.68. The molecule has 0 amide bonds. The fraction of sp³-hybridized carbons (Fsp3) is 0.292. The zero-order chi connectivity index (χ0) is 19.1. The number of carbonyl (C=O) groups is 1. The van der Waals surface area contributed by atoms with E-state index >= 15 is 0 Å². The van der Waals surface area contributed by atoms with Gasteiger partial charge in [0.25, 0.3) is 0 Å². The zero-order valence-corrected chi connectivity index (χ0v) is 15.8. The Labute approximate surface area is 164 Å². The molecule has 0 N–H and O–H groups in total. The van der Waals surface area contributed by atoms with Gasteiger partial charge in [0, 0.05) is 29.8 Å². The molecule has 28 heavy (non-hydrogen) atoms. The Kier molecular flexibility index (Phi) is 4.19. The van der Waals surface area contributed by atoms with E-state index < -0.39 is 0 Å². The molecule has 0 spiro atoms. The Morgan fingerprint density at radius 3 is 2.04 bits per heavy atom. The number of ether oxygens (including phenoxy) is 1. The summed E-state index contributed by atoms with van der Waals surface area (Å²) in [6, 6.07) is 18.5. The van der Waals surface area contributed by atoms with E-state index in [9.17, 15) is 4.79 Å². The lowest BCUT2D eigenvalue weighted by molar-refractivity contribution is -0.142. The van der Waals surface area contributed by atoms with Crippen LogP contribution in [0.25, 0.3) is 11.4 Å². The number of hydrogen-bond donors (Lipinski definition) is 0. The predicted octanol–water partition coefficient (Wildman–Crippen LogP) is 4.69. The molecule has 3 atom stereocenters. The fourth-order valence-corrected chi connectivity index (χ4v) is 4.21. The minimum atomic E-state index is -0.137. The molecule has 2 fully saturated rings. The molecule has 4 heteroatoms. The van der Waals surface area contributed by atoms with Gasteiger partial charge in [0.1, 0.15) is 0 Å². The molecule has 1 aromatic heterocycles. The van der Waals surface area contributed by atoms with Gasteiger partial charge in [-0.25, -0.2) is 9.97 Å². The third-order valence-corrected chi connectivity index (χ3v) is 5.95. The molecule has 0 bridgehead atoms. The van der Waals surface area contributed by atoms with Crippen LogP contribution >= 0.6 is 0 Å². The first-order chi connectivity index (χ1) is 13.8. The zero-order valence-electron chi connectivity index (χ0n) is 15.8. The van der Waals surface area contributed by atoms with Crippen molar-refractivity contribution < 1.29 is 9.53 Å². The lowest BCUT2D eigenvalue weighted by atomic mass is 10.0. The van der Waals surface area contributed by atoms with Crippen LogP contribution in [0, 0.1) is 5.92 Å². The molecular formula is C24H22N2O2. The number of benzene rings is 2. The number of methoxy groups -OCH3 is 1. The average molecular weight is 370 g/mol. The van der Waals surface area contributed by atoms with E-state index in [4.69, 9.17) is 4.74 Å². The minimum Gasteiger partial charge on any atom is -0.469 e. The molecule has 1 heterocycles. The molecule has 4 nitrogen and oxygen atoms in total. The summed E-state index contributed by atoms with van der Waals surface area (Å²) in [4.78, 5) is 21.3. The highest BCUT2D eigenvalue weighted by molar-refractivity contribution is 5.80. The van der Waals surface area contributed by atoms with Crippen LogP contribution in [0.15, 0.2) is 67.0 Å². The van der Waals surface area contributed by atoms with Crippen molar-refractivity contribution in [1.29, 1.82) is 0 Å². The van der Waals surface area contributed by atoms with Crippen LogP contribution in [-0.4, -0.2) is 23.0 Å². The minimum absolute atomic E-state index is 0.118. The summed E-state index contributed by atoms with van der Waals surface area (Å²) in [5.74, 6) is 1.48. The van der Waals surface area contributed by atoms with Crippen molar-refractivity contribution in [2.45, 2.75) is 30.6 Å². The molecule has 0 unspecified atom stereocenters. The van der Waals surface area contributed by atoms with Crippen LogP contribution in [0.4, 0.5) is 0 Å². The molecule has 5 rings (SSSR count). The highest BCUT2D eigenvalue weighted by Gasteiger charge is 2.56. The van der Waals surface area contributed by atoms with E-state index in [1.54, 1.807) is 0 Å². The molecule has 2 aromatic carbocycles. The third-order valence-electron chi connectivity index (χ3n) is 5.95. The van der Waals surface area contributed by atoms with Crippen molar-refractivity contribution in [1.82, 2.24) is 9.97 Å². The van der Waals surface area contributed by atoms with E-state index in [0.717, 1.165) is 17.0 Å². The summed E-state index contributed by atoms with van der Waals surface area (Å²) in [6.07, 6.45) is 6.41. The van der Waals surface area contributed by atoms with Gasteiger partial charge in [-0.05, 0) is 35.4 Å². The molecule has 2 aliphatic carbocycles. The van der Waals surface area contributed by atoms with E-state index in [-0.39, 0.29) is 23.7 Å². The second-order valence-electron chi connectivity index (χ2n) is 7.75. The normalized spacial score (nSPS) is 23.2. The quantitative estimate of drug-likeness (QED) is 0.611. The molecule has 0 aliphatic heterocycles. The van der Waals surface area contributed by atoms with Crippen LogP contribution in [-0.2, 0) is 9.53 Å². The van der Waals surface area contributed by atoms with Crippen LogP contribution in [0.1, 0.15) is 47.3 Å². The number of carbonyl (C=O) groups excluding carboxylic acids is 1. The maximum Gasteiger partial charge on any atom is 0.309 e. The molecule has 2 saturated carbocycles. The monoisotopic (exact) mass is 370 g/mol. The van der Waals surface area contributed by atoms with Crippen LogP contribution in [0.3, 0.4) is 0 Å². The van der Waals surface area contributed by atoms with Crippen molar-refractivity contribution in [3.8, 4) is 11.4 Å². The summed E-state index contributed by atoms with van der Waals surface area (Å²) in [5.41, 5.74) is 4.58. The van der Waals surface area contributed by atoms with Gasteiger partial charge in [-0.1, -0.05) is 54.6 Å². The second-order valence-corrected chi connectivity index (χ2v) is 7.75. The summed E-state index contributed by atoms with van der Waals surface area (Å²) in [7, 11) is 1.46. The Bertz CT molecular complexity index is 979. The van der Waals surface area contributed by atoms with E-state index in [0.29, 0.717) is 5.92 Å². The van der Waals surface area contributed by atoms with Gasteiger partial charge in [-0.2, -0.15) is 0 Å². The van der Waals surface area contributed by atoms with Gasteiger partial charge in [0.05, 0.1) is 13.0 Å². The first-order valence-corrected chi connectivity index (χ1v) is 9.81. The maximum atomic E-state index is 12.3. The van der Waals surface area contributed by atoms with Crippen molar-refractivity contribution >= 4 is 5.97 Å². The standard InChI is InChI=1S/C24H22N2O2/c1-28-24(27)22-20(16-5-3-2-4-6-16)21(22)17-9-11-18(12-10-17)23-25-13-19(14-26-23)15-7-8-15/h2-6,9-15,20-22H,7-8H2,1H3/t20-,21-,22-/m1/s1. The Morgan fingerprint density at radius 2 is 1.46 bits per heavy atom. The number of rotatable bonds is 5. The topological polar surface area (TPSA) is 52.1 Å². The van der Waals surface area contributed by atoms with Crippen molar-refractivity contribution in [2.75, 3.05) is 7.11 Å². The van der Waals surface area contributed by atoms with Crippen molar-refractivity contribution in [3.63, 3.8) is 0 Å². The third kappa shape index (κ3) is 3.09. The lowest BCUT2D eigenvalue weighted by Crippen LogP contribution is -2.05. The first kappa shape index (κ1) is 17.1. The summed E-state index contributed by atoms with van der Waals surface area (Å²) < 4.78 is 5.05. The van der Waals surface area contributed by atoms with Crippen LogP contribution in [0.2, 0.25) is 0 Å². The van der Waals surface area contributed by atoms with Gasteiger partial charge < -0.3 is 4.74 Å². The van der Waals surface area contributed by atoms with Gasteiger partial charge in [0.2, 0.25) is 0 Å². The summed E-state index contributed by atoms with van der Waals surface area (Å²) in [6.45, 7) is 0.